The van der Waals surface area contributed by atoms with Gasteiger partial charge < -0.3 is 9.47 Å². The van der Waals surface area contributed by atoms with Crippen molar-refractivity contribution >= 4 is 12.6 Å². The molecular weight excluding hydrogens is 208 g/mol. The molecule has 2 nitrogen and oxygen atoms in total. The molecular formula is C12H16O2S. The molecule has 15 heavy (non-hydrogen) atoms. The monoisotopic (exact) mass is 224 g/mol. The van der Waals surface area contributed by atoms with Gasteiger partial charge in [0.2, 0.25) is 0 Å². The van der Waals surface area contributed by atoms with E-state index in [1.54, 1.807) is 7.11 Å². The van der Waals surface area contributed by atoms with Gasteiger partial charge in [-0.3, -0.25) is 0 Å². The van der Waals surface area contributed by atoms with E-state index >= 15 is 0 Å². The van der Waals surface area contributed by atoms with Crippen molar-refractivity contribution in [2.45, 2.75) is 18.1 Å². The predicted molar refractivity (Wildman–Crippen MR) is 63.9 cm³/mol. The Bertz CT molecular complexity index is 359. The summed E-state index contributed by atoms with van der Waals surface area (Å²) in [6, 6.07) is 6.29. The quantitative estimate of drug-likeness (QED) is 0.795. The van der Waals surface area contributed by atoms with Gasteiger partial charge in [-0.2, -0.15) is 12.6 Å². The Labute approximate surface area is 96.0 Å². The molecule has 82 valence electrons. The smallest absolute Gasteiger partial charge is 0.123 e. The molecule has 0 aliphatic carbocycles. The molecule has 0 unspecified atom stereocenters. The Balaban J connectivity index is 2.41. The summed E-state index contributed by atoms with van der Waals surface area (Å²) in [5, 5.41) is 0. The van der Waals surface area contributed by atoms with Gasteiger partial charge in [0, 0.05) is 5.56 Å². The predicted octanol–water partition coefficient (Wildman–Crippen LogP) is 2.41. The number of aryl methyl sites for hydroxylation is 1. The van der Waals surface area contributed by atoms with E-state index in [-0.39, 0.29) is 4.75 Å². The van der Waals surface area contributed by atoms with Crippen molar-refractivity contribution < 1.29 is 9.47 Å². The van der Waals surface area contributed by atoms with E-state index in [0.717, 1.165) is 17.7 Å². The first-order valence-electron chi connectivity index (χ1n) is 5.17. The zero-order chi connectivity index (χ0) is 10.9. The fraction of sp³-hybridized carbons (Fsp3) is 0.500. The van der Waals surface area contributed by atoms with Crippen molar-refractivity contribution in [3.8, 4) is 5.75 Å². The van der Waals surface area contributed by atoms with Crippen molar-refractivity contribution in [3.05, 3.63) is 29.3 Å². The third-order valence-corrected chi connectivity index (χ3v) is 3.35. The Morgan fingerprint density at radius 2 is 2.20 bits per heavy atom. The highest BCUT2D eigenvalue weighted by atomic mass is 32.1. The molecule has 0 N–H and O–H groups in total. The SMILES string of the molecule is CCc1ccc(OC)c(C2(S)COC2)c1. The number of methoxy groups -OCH3 is 1. The van der Waals surface area contributed by atoms with Gasteiger partial charge >= 0.3 is 0 Å². The van der Waals surface area contributed by atoms with Gasteiger partial charge in [0.25, 0.3) is 0 Å². The maximum absolute atomic E-state index is 5.36. The van der Waals surface area contributed by atoms with Gasteiger partial charge in [-0.05, 0) is 18.1 Å². The van der Waals surface area contributed by atoms with Crippen molar-refractivity contribution in [1.82, 2.24) is 0 Å². The van der Waals surface area contributed by atoms with Crippen LogP contribution in [0.4, 0.5) is 0 Å². The van der Waals surface area contributed by atoms with Crippen LogP contribution >= 0.6 is 12.6 Å². The molecule has 3 heteroatoms. The van der Waals surface area contributed by atoms with E-state index in [1.165, 1.54) is 5.56 Å². The van der Waals surface area contributed by atoms with E-state index < -0.39 is 0 Å². The highest BCUT2D eigenvalue weighted by Crippen LogP contribution is 2.41. The van der Waals surface area contributed by atoms with Crippen molar-refractivity contribution in [1.29, 1.82) is 0 Å². The summed E-state index contributed by atoms with van der Waals surface area (Å²) in [4.78, 5) is 0. The summed E-state index contributed by atoms with van der Waals surface area (Å²) in [5.41, 5.74) is 2.46. The fourth-order valence-corrected chi connectivity index (χ4v) is 2.15. The van der Waals surface area contributed by atoms with Crippen molar-refractivity contribution in [3.63, 3.8) is 0 Å². The van der Waals surface area contributed by atoms with Crippen LogP contribution < -0.4 is 4.74 Å². The van der Waals surface area contributed by atoms with Gasteiger partial charge in [0.05, 0.1) is 25.1 Å². The fourth-order valence-electron chi connectivity index (χ4n) is 1.79. The van der Waals surface area contributed by atoms with Crippen LogP contribution in [0.1, 0.15) is 18.1 Å². The minimum Gasteiger partial charge on any atom is -0.496 e. The Kier molecular flexibility index (Phi) is 2.94. The summed E-state index contributed by atoms with van der Waals surface area (Å²) < 4.78 is 10.4. The molecule has 0 spiro atoms. The second-order valence-corrected chi connectivity index (χ2v) is 4.77. The minimum absolute atomic E-state index is 0.156. The standard InChI is InChI=1S/C12H16O2S/c1-3-9-4-5-11(13-2)10(6-9)12(15)7-14-8-12/h4-6,15H,3,7-8H2,1-2H3. The van der Waals surface area contributed by atoms with Crippen LogP contribution in [0.25, 0.3) is 0 Å². The minimum atomic E-state index is -0.156. The molecule has 1 heterocycles. The molecule has 1 fully saturated rings. The molecule has 1 aliphatic rings. The average Bonchev–Trinajstić information content (AvgIpc) is 2.25. The summed E-state index contributed by atoms with van der Waals surface area (Å²) >= 11 is 4.67. The molecule has 2 rings (SSSR count). The largest absolute Gasteiger partial charge is 0.496 e. The first-order valence-corrected chi connectivity index (χ1v) is 5.62. The Morgan fingerprint density at radius 3 is 2.67 bits per heavy atom. The van der Waals surface area contributed by atoms with Crippen LogP contribution in [-0.4, -0.2) is 20.3 Å². The molecule has 1 aromatic rings. The zero-order valence-corrected chi connectivity index (χ0v) is 10.0. The van der Waals surface area contributed by atoms with Crippen LogP contribution in [0.3, 0.4) is 0 Å². The number of thiol groups is 1. The highest BCUT2D eigenvalue weighted by molar-refractivity contribution is 7.81. The zero-order valence-electron chi connectivity index (χ0n) is 9.12. The molecule has 0 radical (unpaired) electrons. The normalized spacial score (nSPS) is 18.3. The highest BCUT2D eigenvalue weighted by Gasteiger charge is 2.38. The lowest BCUT2D eigenvalue weighted by atomic mass is 9.93. The molecule has 1 saturated heterocycles. The van der Waals surface area contributed by atoms with E-state index in [1.807, 2.05) is 6.07 Å². The number of hydrogen-bond acceptors (Lipinski definition) is 3. The second-order valence-electron chi connectivity index (χ2n) is 3.91. The lowest BCUT2D eigenvalue weighted by Gasteiger charge is -2.38. The van der Waals surface area contributed by atoms with Crippen LogP contribution in [0, 0.1) is 0 Å². The molecule has 1 aromatic carbocycles. The summed E-state index contributed by atoms with van der Waals surface area (Å²) in [6.07, 6.45) is 1.03. The number of ether oxygens (including phenoxy) is 2. The summed E-state index contributed by atoms with van der Waals surface area (Å²) in [7, 11) is 1.70. The van der Waals surface area contributed by atoms with Crippen LogP contribution in [0.15, 0.2) is 18.2 Å². The first-order chi connectivity index (χ1) is 7.19. The third kappa shape index (κ3) is 1.86. The first kappa shape index (κ1) is 10.8. The second kappa shape index (κ2) is 4.06. The number of rotatable bonds is 3. The maximum atomic E-state index is 5.36. The molecule has 0 aromatic heterocycles. The lowest BCUT2D eigenvalue weighted by Crippen LogP contribution is -2.42. The van der Waals surface area contributed by atoms with Gasteiger partial charge in [-0.1, -0.05) is 19.1 Å². The molecule has 0 saturated carbocycles. The van der Waals surface area contributed by atoms with Crippen LogP contribution in [0.2, 0.25) is 0 Å². The maximum Gasteiger partial charge on any atom is 0.123 e. The van der Waals surface area contributed by atoms with Crippen LogP contribution in [-0.2, 0) is 15.9 Å². The third-order valence-electron chi connectivity index (χ3n) is 2.86. The molecule has 0 amide bonds. The lowest BCUT2D eigenvalue weighted by molar-refractivity contribution is -0.0106. The topological polar surface area (TPSA) is 18.5 Å². The average molecular weight is 224 g/mol. The summed E-state index contributed by atoms with van der Waals surface area (Å²) in [5.74, 6) is 0.908. The van der Waals surface area contributed by atoms with Gasteiger partial charge in [-0.15, -0.1) is 0 Å². The van der Waals surface area contributed by atoms with E-state index in [2.05, 4.69) is 31.7 Å². The molecule has 1 aliphatic heterocycles. The van der Waals surface area contributed by atoms with Gasteiger partial charge in [-0.25, -0.2) is 0 Å². The Morgan fingerprint density at radius 1 is 1.47 bits per heavy atom. The Hall–Kier alpha value is -0.670. The van der Waals surface area contributed by atoms with Gasteiger partial charge in [0.15, 0.2) is 0 Å². The van der Waals surface area contributed by atoms with Crippen molar-refractivity contribution in [2.24, 2.45) is 0 Å². The molecule has 0 atom stereocenters. The number of benzene rings is 1. The molecule has 0 bridgehead atoms. The van der Waals surface area contributed by atoms with Crippen LogP contribution in [0.5, 0.6) is 5.75 Å². The van der Waals surface area contributed by atoms with Crippen molar-refractivity contribution in [2.75, 3.05) is 20.3 Å². The summed E-state index contributed by atoms with van der Waals surface area (Å²) in [6.45, 7) is 3.48. The van der Waals surface area contributed by atoms with E-state index in [4.69, 9.17) is 9.47 Å². The number of hydrogen-bond donors (Lipinski definition) is 1. The van der Waals surface area contributed by atoms with Gasteiger partial charge in [0.1, 0.15) is 5.75 Å². The van der Waals surface area contributed by atoms with E-state index in [9.17, 15) is 0 Å². The van der Waals surface area contributed by atoms with E-state index in [0.29, 0.717) is 13.2 Å².